The van der Waals surface area contributed by atoms with Gasteiger partial charge in [-0.2, -0.15) is 0 Å². The molecule has 0 bridgehead atoms. The summed E-state index contributed by atoms with van der Waals surface area (Å²) < 4.78 is 0. The van der Waals surface area contributed by atoms with Gasteiger partial charge in [0.25, 0.3) is 0 Å². The lowest BCUT2D eigenvalue weighted by atomic mass is 9.99. The van der Waals surface area contributed by atoms with Crippen LogP contribution in [-0.2, 0) is 4.79 Å². The van der Waals surface area contributed by atoms with Crippen LogP contribution in [-0.4, -0.2) is 28.9 Å². The van der Waals surface area contributed by atoms with E-state index >= 15 is 0 Å². The van der Waals surface area contributed by atoms with Gasteiger partial charge in [0, 0.05) is 10.6 Å². The van der Waals surface area contributed by atoms with Crippen molar-refractivity contribution < 1.29 is 9.90 Å². The van der Waals surface area contributed by atoms with Gasteiger partial charge in [-0.15, -0.1) is 11.8 Å². The average Bonchev–Trinajstić information content (AvgIpc) is 2.40. The number of hydrogen-bond acceptors (Lipinski definition) is 3. The summed E-state index contributed by atoms with van der Waals surface area (Å²) in [5.41, 5.74) is -0.890. The molecule has 112 valence electrons. The Morgan fingerprint density at radius 3 is 2.65 bits per heavy atom. The van der Waals surface area contributed by atoms with Gasteiger partial charge in [-0.3, -0.25) is 4.79 Å². The molecule has 1 rings (SSSR count). The molecule has 0 radical (unpaired) electrons. The first-order chi connectivity index (χ1) is 9.39. The second-order valence-corrected chi connectivity index (χ2v) is 6.72. The summed E-state index contributed by atoms with van der Waals surface area (Å²) >= 11 is 13.4. The fourth-order valence-corrected chi connectivity index (χ4v) is 3.09. The van der Waals surface area contributed by atoms with E-state index in [1.165, 1.54) is 0 Å². The highest BCUT2D eigenvalue weighted by atomic mass is 35.5. The number of carbonyl (C=O) groups is 1. The van der Waals surface area contributed by atoms with E-state index in [-0.39, 0.29) is 0 Å². The Balaban J connectivity index is 2.55. The Labute approximate surface area is 134 Å². The van der Waals surface area contributed by atoms with Gasteiger partial charge >= 0.3 is 5.97 Å². The fraction of sp³-hybridized carbons (Fsp3) is 0.500. The lowest BCUT2D eigenvalue weighted by molar-refractivity contribution is -0.144. The number of nitrogens with one attached hydrogen (secondary N) is 1. The van der Waals surface area contributed by atoms with Crippen molar-refractivity contribution in [2.24, 2.45) is 0 Å². The predicted octanol–water partition coefficient (Wildman–Crippen LogP) is 4.32. The van der Waals surface area contributed by atoms with E-state index in [1.807, 2.05) is 13.0 Å². The Kier molecular flexibility index (Phi) is 7.17. The lowest BCUT2D eigenvalue weighted by Gasteiger charge is -2.26. The van der Waals surface area contributed by atoms with Crippen molar-refractivity contribution in [3.63, 3.8) is 0 Å². The van der Waals surface area contributed by atoms with E-state index in [2.05, 4.69) is 5.32 Å². The molecule has 0 fully saturated rings. The number of carboxylic acids is 1. The SMILES string of the molecule is CCCNC(C)(CCSc1ccc(Cl)c(Cl)c1)C(=O)O. The van der Waals surface area contributed by atoms with Gasteiger partial charge in [0.2, 0.25) is 0 Å². The molecule has 0 aromatic heterocycles. The third kappa shape index (κ3) is 5.17. The normalized spacial score (nSPS) is 14.0. The van der Waals surface area contributed by atoms with Gasteiger partial charge in [0.15, 0.2) is 0 Å². The van der Waals surface area contributed by atoms with Crippen molar-refractivity contribution in [3.05, 3.63) is 28.2 Å². The summed E-state index contributed by atoms with van der Waals surface area (Å²) in [5, 5.41) is 13.5. The summed E-state index contributed by atoms with van der Waals surface area (Å²) in [4.78, 5) is 12.3. The Morgan fingerprint density at radius 2 is 2.10 bits per heavy atom. The average molecular weight is 336 g/mol. The van der Waals surface area contributed by atoms with Crippen LogP contribution in [0.3, 0.4) is 0 Å². The zero-order chi connectivity index (χ0) is 15.2. The maximum atomic E-state index is 11.4. The van der Waals surface area contributed by atoms with Crippen LogP contribution < -0.4 is 5.32 Å². The smallest absolute Gasteiger partial charge is 0.323 e. The third-order valence-corrected chi connectivity index (χ3v) is 4.73. The fourth-order valence-electron chi connectivity index (χ4n) is 1.61. The molecule has 1 aromatic rings. The topological polar surface area (TPSA) is 49.3 Å². The van der Waals surface area contributed by atoms with Crippen molar-refractivity contribution in [3.8, 4) is 0 Å². The van der Waals surface area contributed by atoms with Gasteiger partial charge in [0.05, 0.1) is 10.0 Å². The van der Waals surface area contributed by atoms with Crippen molar-refractivity contribution in [1.82, 2.24) is 5.32 Å². The standard InChI is InChI=1S/C14H19Cl2NO2S/c1-3-7-17-14(2,13(18)19)6-8-20-10-4-5-11(15)12(16)9-10/h4-5,9,17H,3,6-8H2,1-2H3,(H,18,19). The molecule has 0 spiro atoms. The molecule has 6 heteroatoms. The monoisotopic (exact) mass is 335 g/mol. The van der Waals surface area contributed by atoms with Crippen LogP contribution in [0.1, 0.15) is 26.7 Å². The first kappa shape index (κ1) is 17.6. The first-order valence-corrected chi connectivity index (χ1v) is 8.19. The van der Waals surface area contributed by atoms with Crippen molar-refractivity contribution >= 4 is 40.9 Å². The van der Waals surface area contributed by atoms with E-state index in [0.717, 1.165) is 11.3 Å². The van der Waals surface area contributed by atoms with E-state index in [0.29, 0.717) is 28.8 Å². The summed E-state index contributed by atoms with van der Waals surface area (Å²) in [6.45, 7) is 4.43. The summed E-state index contributed by atoms with van der Waals surface area (Å²) in [6, 6.07) is 5.43. The quantitative estimate of drug-likeness (QED) is 0.694. The molecule has 20 heavy (non-hydrogen) atoms. The molecule has 1 aromatic carbocycles. The van der Waals surface area contributed by atoms with Crippen molar-refractivity contribution in [2.45, 2.75) is 37.1 Å². The summed E-state index contributed by atoms with van der Waals surface area (Å²) in [7, 11) is 0. The first-order valence-electron chi connectivity index (χ1n) is 6.45. The van der Waals surface area contributed by atoms with E-state index in [1.54, 1.807) is 30.8 Å². The minimum absolute atomic E-state index is 0.516. The number of halogens is 2. The van der Waals surface area contributed by atoms with Crippen LogP contribution in [0.5, 0.6) is 0 Å². The number of thioether (sulfide) groups is 1. The maximum Gasteiger partial charge on any atom is 0.323 e. The Hall–Kier alpha value is -0.420. The van der Waals surface area contributed by atoms with Crippen LogP contribution in [0, 0.1) is 0 Å². The van der Waals surface area contributed by atoms with Crippen LogP contribution in [0.25, 0.3) is 0 Å². The van der Waals surface area contributed by atoms with Crippen LogP contribution in [0.4, 0.5) is 0 Å². The Morgan fingerprint density at radius 1 is 1.40 bits per heavy atom. The molecular formula is C14H19Cl2NO2S. The van der Waals surface area contributed by atoms with Crippen LogP contribution in [0.2, 0.25) is 10.0 Å². The van der Waals surface area contributed by atoms with Gasteiger partial charge in [-0.1, -0.05) is 30.1 Å². The van der Waals surface area contributed by atoms with Gasteiger partial charge < -0.3 is 10.4 Å². The molecule has 0 amide bonds. The lowest BCUT2D eigenvalue weighted by Crippen LogP contribution is -2.50. The van der Waals surface area contributed by atoms with Gasteiger partial charge in [-0.25, -0.2) is 0 Å². The number of benzene rings is 1. The molecule has 0 saturated carbocycles. The highest BCUT2D eigenvalue weighted by Crippen LogP contribution is 2.29. The predicted molar refractivity (Wildman–Crippen MR) is 86.1 cm³/mol. The molecule has 0 aliphatic carbocycles. The molecule has 1 unspecified atom stereocenters. The Bertz CT molecular complexity index is 470. The molecule has 0 aliphatic rings. The number of hydrogen-bond donors (Lipinski definition) is 2. The molecular weight excluding hydrogens is 317 g/mol. The second kappa shape index (κ2) is 8.13. The highest BCUT2D eigenvalue weighted by Gasteiger charge is 2.31. The number of rotatable bonds is 8. The molecule has 3 nitrogen and oxygen atoms in total. The second-order valence-electron chi connectivity index (χ2n) is 4.74. The minimum Gasteiger partial charge on any atom is -0.480 e. The molecule has 0 heterocycles. The minimum atomic E-state index is -0.890. The largest absolute Gasteiger partial charge is 0.480 e. The molecule has 1 atom stereocenters. The zero-order valence-corrected chi connectivity index (χ0v) is 13.9. The highest BCUT2D eigenvalue weighted by molar-refractivity contribution is 7.99. The summed E-state index contributed by atoms with van der Waals surface area (Å²) in [5.74, 6) is -0.127. The van der Waals surface area contributed by atoms with Gasteiger partial charge in [-0.05, 0) is 44.5 Å². The van der Waals surface area contributed by atoms with Crippen LogP contribution >= 0.6 is 35.0 Å². The third-order valence-electron chi connectivity index (χ3n) is 3.00. The molecule has 0 aliphatic heterocycles. The molecule has 2 N–H and O–H groups in total. The zero-order valence-electron chi connectivity index (χ0n) is 11.6. The number of carboxylic acid groups (broad SMARTS) is 1. The number of aliphatic carboxylic acids is 1. The van der Waals surface area contributed by atoms with E-state index in [9.17, 15) is 9.90 Å². The molecule has 0 saturated heterocycles. The van der Waals surface area contributed by atoms with Crippen molar-refractivity contribution in [1.29, 1.82) is 0 Å². The van der Waals surface area contributed by atoms with Crippen molar-refractivity contribution in [2.75, 3.05) is 12.3 Å². The maximum absolute atomic E-state index is 11.4. The summed E-state index contributed by atoms with van der Waals surface area (Å²) in [6.07, 6.45) is 1.44. The van der Waals surface area contributed by atoms with E-state index in [4.69, 9.17) is 23.2 Å². The van der Waals surface area contributed by atoms with Crippen LogP contribution in [0.15, 0.2) is 23.1 Å². The van der Waals surface area contributed by atoms with Gasteiger partial charge in [0.1, 0.15) is 5.54 Å². The van der Waals surface area contributed by atoms with E-state index < -0.39 is 11.5 Å².